The highest BCUT2D eigenvalue weighted by Crippen LogP contribution is 2.29. The zero-order chi connectivity index (χ0) is 21.9. The molecule has 1 N–H and O–H groups in total. The summed E-state index contributed by atoms with van der Waals surface area (Å²) in [6, 6.07) is 28.4. The van der Waals surface area contributed by atoms with E-state index in [4.69, 9.17) is 4.74 Å². The summed E-state index contributed by atoms with van der Waals surface area (Å²) in [4.78, 5) is 12.1. The van der Waals surface area contributed by atoms with Crippen molar-refractivity contribution < 1.29 is 9.53 Å². The summed E-state index contributed by atoms with van der Waals surface area (Å²) in [6.45, 7) is 2.96. The number of fused-ring (bicyclic) bond motifs is 4. The largest absolute Gasteiger partial charge is 0.484 e. The number of nitrogens with zero attached hydrogens (tertiary/aromatic N) is 2. The van der Waals surface area contributed by atoms with Gasteiger partial charge in [0.1, 0.15) is 5.75 Å². The molecular formula is C27H23N3O2. The monoisotopic (exact) mass is 421 g/mol. The number of aromatic nitrogens is 1. The Morgan fingerprint density at radius 2 is 1.69 bits per heavy atom. The molecule has 5 aromatic rings. The minimum absolute atomic E-state index is 0.0985. The maximum atomic E-state index is 12.1. The highest BCUT2D eigenvalue weighted by molar-refractivity contribution is 6.09. The van der Waals surface area contributed by atoms with Crippen molar-refractivity contribution in [2.24, 2.45) is 5.10 Å². The van der Waals surface area contributed by atoms with Crippen molar-refractivity contribution in [1.29, 1.82) is 0 Å². The van der Waals surface area contributed by atoms with E-state index in [0.29, 0.717) is 5.75 Å². The minimum atomic E-state index is -0.307. The maximum Gasteiger partial charge on any atom is 0.277 e. The molecule has 0 bridgehead atoms. The first kappa shape index (κ1) is 19.8. The summed E-state index contributed by atoms with van der Waals surface area (Å²) in [6.07, 6.45) is 1.66. The third-order valence-electron chi connectivity index (χ3n) is 5.61. The predicted molar refractivity (Wildman–Crippen MR) is 130 cm³/mol. The Bertz CT molecular complexity index is 1470. The Morgan fingerprint density at radius 1 is 0.906 bits per heavy atom. The lowest BCUT2D eigenvalue weighted by Crippen LogP contribution is -2.24. The molecule has 32 heavy (non-hydrogen) atoms. The molecule has 1 amide bonds. The molecule has 0 aliphatic heterocycles. The molecule has 0 spiro atoms. The second-order valence-corrected chi connectivity index (χ2v) is 7.63. The van der Waals surface area contributed by atoms with E-state index in [9.17, 15) is 4.79 Å². The molecule has 158 valence electrons. The molecule has 4 aromatic carbocycles. The summed E-state index contributed by atoms with van der Waals surface area (Å²) in [7, 11) is 0. The van der Waals surface area contributed by atoms with Gasteiger partial charge in [0.2, 0.25) is 0 Å². The second kappa shape index (κ2) is 8.55. The first-order chi connectivity index (χ1) is 15.7. The zero-order valence-electron chi connectivity index (χ0n) is 17.8. The van der Waals surface area contributed by atoms with E-state index < -0.39 is 0 Å². The van der Waals surface area contributed by atoms with Crippen LogP contribution in [0.1, 0.15) is 12.5 Å². The van der Waals surface area contributed by atoms with Crippen LogP contribution in [0.4, 0.5) is 0 Å². The first-order valence-electron chi connectivity index (χ1n) is 10.7. The molecule has 5 nitrogen and oxygen atoms in total. The standard InChI is InChI=1S/C27H23N3O2/c1-2-30-25-10-6-5-9-23(25)24-15-19(11-14-26(24)30)17-28-29-27(31)18-32-22-13-12-20-7-3-4-8-21(20)16-22/h3-17H,2,18H2,1H3,(H,29,31). The molecule has 1 heterocycles. The molecule has 5 rings (SSSR count). The van der Waals surface area contributed by atoms with Crippen LogP contribution in [0.3, 0.4) is 0 Å². The lowest BCUT2D eigenvalue weighted by atomic mass is 10.1. The zero-order valence-corrected chi connectivity index (χ0v) is 17.8. The van der Waals surface area contributed by atoms with Gasteiger partial charge in [0, 0.05) is 28.4 Å². The van der Waals surface area contributed by atoms with Crippen molar-refractivity contribution in [2.45, 2.75) is 13.5 Å². The van der Waals surface area contributed by atoms with E-state index in [1.807, 2.05) is 48.5 Å². The molecule has 1 aromatic heterocycles. The number of ether oxygens (including phenoxy) is 1. The van der Waals surface area contributed by atoms with Crippen molar-refractivity contribution in [3.63, 3.8) is 0 Å². The van der Waals surface area contributed by atoms with Crippen molar-refractivity contribution in [3.8, 4) is 5.75 Å². The predicted octanol–water partition coefficient (Wildman–Crippen LogP) is 5.50. The van der Waals surface area contributed by atoms with Gasteiger partial charge in [0.25, 0.3) is 5.91 Å². The van der Waals surface area contributed by atoms with Crippen LogP contribution in [0, 0.1) is 0 Å². The normalized spacial score (nSPS) is 11.5. The topological polar surface area (TPSA) is 55.6 Å². The van der Waals surface area contributed by atoms with Gasteiger partial charge >= 0.3 is 0 Å². The van der Waals surface area contributed by atoms with E-state index in [-0.39, 0.29) is 12.5 Å². The van der Waals surface area contributed by atoms with Crippen molar-refractivity contribution in [1.82, 2.24) is 9.99 Å². The van der Waals surface area contributed by atoms with Gasteiger partial charge < -0.3 is 9.30 Å². The fraction of sp³-hybridized carbons (Fsp3) is 0.111. The van der Waals surface area contributed by atoms with E-state index in [1.165, 1.54) is 21.8 Å². The molecular weight excluding hydrogens is 398 g/mol. The molecule has 0 fully saturated rings. The van der Waals surface area contributed by atoms with Gasteiger partial charge in [0.05, 0.1) is 6.21 Å². The number of aryl methyl sites for hydroxylation is 1. The Kier molecular flexibility index (Phi) is 5.30. The van der Waals surface area contributed by atoms with Crippen LogP contribution in [0.15, 0.2) is 90.0 Å². The highest BCUT2D eigenvalue weighted by Gasteiger charge is 2.09. The van der Waals surface area contributed by atoms with E-state index in [0.717, 1.165) is 22.9 Å². The number of hydrogen-bond donors (Lipinski definition) is 1. The van der Waals surface area contributed by atoms with E-state index >= 15 is 0 Å². The Labute approximate surface area is 185 Å². The quantitative estimate of drug-likeness (QED) is 0.291. The lowest BCUT2D eigenvalue weighted by molar-refractivity contribution is -0.123. The van der Waals surface area contributed by atoms with E-state index in [1.54, 1.807) is 6.21 Å². The third-order valence-corrected chi connectivity index (χ3v) is 5.61. The number of nitrogens with one attached hydrogen (secondary N) is 1. The van der Waals surface area contributed by atoms with Crippen LogP contribution in [-0.4, -0.2) is 23.3 Å². The molecule has 5 heteroatoms. The summed E-state index contributed by atoms with van der Waals surface area (Å²) in [5, 5.41) is 8.70. The van der Waals surface area contributed by atoms with Gasteiger partial charge in [-0.2, -0.15) is 5.10 Å². The third kappa shape index (κ3) is 3.81. The average Bonchev–Trinajstić information content (AvgIpc) is 3.15. The number of hydrogen-bond acceptors (Lipinski definition) is 3. The molecule has 0 atom stereocenters. The van der Waals surface area contributed by atoms with Crippen LogP contribution in [0.25, 0.3) is 32.6 Å². The fourth-order valence-corrected chi connectivity index (χ4v) is 4.11. The molecule has 0 saturated carbocycles. The Morgan fingerprint density at radius 3 is 2.56 bits per heavy atom. The summed E-state index contributed by atoms with van der Waals surface area (Å²) < 4.78 is 7.91. The van der Waals surface area contributed by atoms with Crippen LogP contribution in [0.5, 0.6) is 5.75 Å². The summed E-state index contributed by atoms with van der Waals surface area (Å²) >= 11 is 0. The van der Waals surface area contributed by atoms with E-state index in [2.05, 4.69) is 58.4 Å². The first-order valence-corrected chi connectivity index (χ1v) is 10.7. The van der Waals surface area contributed by atoms with Crippen LogP contribution < -0.4 is 10.2 Å². The van der Waals surface area contributed by atoms with Crippen molar-refractivity contribution >= 4 is 44.7 Å². The molecule has 0 saturated heterocycles. The van der Waals surface area contributed by atoms with Gasteiger partial charge in [-0.1, -0.05) is 54.6 Å². The molecule has 0 radical (unpaired) electrons. The summed E-state index contributed by atoms with van der Waals surface area (Å²) in [5.41, 5.74) is 5.88. The highest BCUT2D eigenvalue weighted by atomic mass is 16.5. The number of benzene rings is 4. The molecule has 0 aliphatic carbocycles. The summed E-state index contributed by atoms with van der Waals surface area (Å²) in [5.74, 6) is 0.346. The van der Waals surface area contributed by atoms with Gasteiger partial charge in [-0.15, -0.1) is 0 Å². The Hall–Kier alpha value is -4.12. The number of para-hydroxylation sites is 1. The van der Waals surface area contributed by atoms with Crippen LogP contribution >= 0.6 is 0 Å². The maximum absolute atomic E-state index is 12.1. The fourth-order valence-electron chi connectivity index (χ4n) is 4.11. The molecule has 0 unspecified atom stereocenters. The minimum Gasteiger partial charge on any atom is -0.484 e. The SMILES string of the molecule is CCn1c2ccccc2c2cc(C=NNC(=O)COc3ccc4ccccc4c3)ccc21. The lowest BCUT2D eigenvalue weighted by Gasteiger charge is -2.06. The van der Waals surface area contributed by atoms with Crippen LogP contribution in [-0.2, 0) is 11.3 Å². The number of rotatable bonds is 6. The average molecular weight is 422 g/mol. The number of carbonyl (C=O) groups is 1. The van der Waals surface area contributed by atoms with Gasteiger partial charge in [-0.25, -0.2) is 5.43 Å². The second-order valence-electron chi connectivity index (χ2n) is 7.63. The van der Waals surface area contributed by atoms with Crippen LogP contribution in [0.2, 0.25) is 0 Å². The number of amides is 1. The van der Waals surface area contributed by atoms with Gasteiger partial charge in [0.15, 0.2) is 6.61 Å². The van der Waals surface area contributed by atoms with Crippen molar-refractivity contribution in [2.75, 3.05) is 6.61 Å². The van der Waals surface area contributed by atoms with Gasteiger partial charge in [-0.05, 0) is 53.6 Å². The number of hydrazone groups is 1. The smallest absolute Gasteiger partial charge is 0.277 e. The Balaban J connectivity index is 1.26. The molecule has 0 aliphatic rings. The van der Waals surface area contributed by atoms with Gasteiger partial charge in [-0.3, -0.25) is 4.79 Å². The van der Waals surface area contributed by atoms with Crippen molar-refractivity contribution in [3.05, 3.63) is 90.5 Å². The number of carbonyl (C=O) groups excluding carboxylic acids is 1.